The number of methoxy groups -OCH3 is 2. The number of esters is 1. The molecular formula is C16H14N4O5. The SMILES string of the molecule is COC(=O)c1cn(NC(=O)c2ccccc2OC)cc2c(=O)[nH]nc1-2. The molecule has 0 atom stereocenters. The van der Waals surface area contributed by atoms with Crippen LogP contribution in [0.3, 0.4) is 0 Å². The fourth-order valence-corrected chi connectivity index (χ4v) is 2.37. The van der Waals surface area contributed by atoms with Gasteiger partial charge in [0.25, 0.3) is 11.5 Å². The van der Waals surface area contributed by atoms with Gasteiger partial charge in [0.1, 0.15) is 17.0 Å². The van der Waals surface area contributed by atoms with Crippen molar-refractivity contribution in [1.29, 1.82) is 0 Å². The molecule has 2 heterocycles. The van der Waals surface area contributed by atoms with Crippen LogP contribution in [0.15, 0.2) is 41.5 Å². The lowest BCUT2D eigenvalue weighted by Crippen LogP contribution is -2.25. The molecule has 0 saturated carbocycles. The first-order valence-electron chi connectivity index (χ1n) is 7.18. The van der Waals surface area contributed by atoms with E-state index in [2.05, 4.69) is 15.6 Å². The highest BCUT2D eigenvalue weighted by Gasteiger charge is 2.22. The number of pyridine rings is 1. The maximum Gasteiger partial charge on any atom is 0.341 e. The van der Waals surface area contributed by atoms with E-state index >= 15 is 0 Å². The number of aromatic nitrogens is 3. The first-order valence-corrected chi connectivity index (χ1v) is 7.18. The molecule has 0 saturated heterocycles. The van der Waals surface area contributed by atoms with E-state index in [1.165, 1.54) is 31.3 Å². The first kappa shape index (κ1) is 16.2. The minimum atomic E-state index is -0.683. The van der Waals surface area contributed by atoms with Crippen LogP contribution in [0.25, 0.3) is 11.3 Å². The molecule has 0 bridgehead atoms. The third kappa shape index (κ3) is 2.94. The van der Waals surface area contributed by atoms with Gasteiger partial charge in [-0.1, -0.05) is 12.1 Å². The van der Waals surface area contributed by atoms with Crippen LogP contribution >= 0.6 is 0 Å². The smallest absolute Gasteiger partial charge is 0.341 e. The number of aromatic amines is 1. The van der Waals surface area contributed by atoms with Crippen molar-refractivity contribution in [2.75, 3.05) is 19.6 Å². The predicted molar refractivity (Wildman–Crippen MR) is 87.5 cm³/mol. The predicted octanol–water partition coefficient (Wildman–Crippen LogP) is 0.855. The summed E-state index contributed by atoms with van der Waals surface area (Å²) in [6.45, 7) is 0. The first-order chi connectivity index (χ1) is 12.0. The number of nitrogens with zero attached hydrogens (tertiary/aromatic N) is 2. The molecule has 2 aliphatic heterocycles. The number of fused-ring (bicyclic) bond motifs is 1. The van der Waals surface area contributed by atoms with Crippen molar-refractivity contribution in [3.8, 4) is 17.0 Å². The summed E-state index contributed by atoms with van der Waals surface area (Å²) in [6, 6.07) is 6.66. The zero-order chi connectivity index (χ0) is 18.0. The zero-order valence-electron chi connectivity index (χ0n) is 13.4. The third-order valence-electron chi connectivity index (χ3n) is 3.55. The van der Waals surface area contributed by atoms with Gasteiger partial charge >= 0.3 is 5.97 Å². The van der Waals surface area contributed by atoms with Gasteiger partial charge in [0.15, 0.2) is 0 Å². The number of ether oxygens (including phenoxy) is 2. The Hall–Kier alpha value is -3.62. The van der Waals surface area contributed by atoms with Crippen LogP contribution in [0, 0.1) is 0 Å². The molecule has 2 aliphatic rings. The summed E-state index contributed by atoms with van der Waals surface area (Å²) in [7, 11) is 2.67. The second-order valence-electron chi connectivity index (χ2n) is 5.03. The highest BCUT2D eigenvalue weighted by molar-refractivity contribution is 6.02. The molecule has 0 aliphatic carbocycles. The number of rotatable bonds is 4. The van der Waals surface area contributed by atoms with Gasteiger partial charge in [0, 0.05) is 12.4 Å². The van der Waals surface area contributed by atoms with Gasteiger partial charge in [-0.05, 0) is 12.1 Å². The van der Waals surface area contributed by atoms with Gasteiger partial charge in [-0.25, -0.2) is 9.89 Å². The molecule has 9 nitrogen and oxygen atoms in total. The number of H-pyrrole nitrogens is 1. The fourth-order valence-electron chi connectivity index (χ4n) is 2.37. The summed E-state index contributed by atoms with van der Waals surface area (Å²) in [4.78, 5) is 36.2. The summed E-state index contributed by atoms with van der Waals surface area (Å²) < 4.78 is 11.1. The largest absolute Gasteiger partial charge is 0.496 e. The van der Waals surface area contributed by atoms with Crippen molar-refractivity contribution in [3.05, 3.63) is 58.1 Å². The van der Waals surface area contributed by atoms with Gasteiger partial charge in [0.2, 0.25) is 0 Å². The van der Waals surface area contributed by atoms with E-state index in [1.807, 2.05) is 0 Å². The van der Waals surface area contributed by atoms with Crippen molar-refractivity contribution >= 4 is 11.9 Å². The van der Waals surface area contributed by atoms with Crippen LogP contribution in [-0.4, -0.2) is 41.0 Å². The Kier molecular flexibility index (Phi) is 4.21. The monoisotopic (exact) mass is 342 g/mol. The molecule has 25 heavy (non-hydrogen) atoms. The van der Waals surface area contributed by atoms with E-state index < -0.39 is 17.4 Å². The highest BCUT2D eigenvalue weighted by atomic mass is 16.5. The lowest BCUT2D eigenvalue weighted by Gasteiger charge is -2.14. The summed E-state index contributed by atoms with van der Waals surface area (Å²) in [5.74, 6) is -0.770. The summed E-state index contributed by atoms with van der Waals surface area (Å²) in [6.07, 6.45) is 2.68. The number of para-hydroxylation sites is 1. The molecule has 1 amide bonds. The van der Waals surface area contributed by atoms with E-state index in [0.29, 0.717) is 11.3 Å². The maximum atomic E-state index is 12.5. The summed E-state index contributed by atoms with van der Waals surface area (Å²) >= 11 is 0. The van der Waals surface area contributed by atoms with Gasteiger partial charge in [-0.15, -0.1) is 0 Å². The molecule has 0 fully saturated rings. The van der Waals surface area contributed by atoms with Crippen molar-refractivity contribution in [2.45, 2.75) is 0 Å². The minimum absolute atomic E-state index is 0.0404. The van der Waals surface area contributed by atoms with Crippen LogP contribution in [0.5, 0.6) is 5.75 Å². The minimum Gasteiger partial charge on any atom is -0.496 e. The van der Waals surface area contributed by atoms with Crippen LogP contribution in [-0.2, 0) is 4.74 Å². The number of hydrogen-bond donors (Lipinski definition) is 2. The quantitative estimate of drug-likeness (QED) is 0.679. The summed E-state index contributed by atoms with van der Waals surface area (Å²) in [5.41, 5.74) is 2.73. The molecule has 3 rings (SSSR count). The number of amides is 1. The average molecular weight is 342 g/mol. The average Bonchev–Trinajstić information content (AvgIpc) is 3.01. The maximum absolute atomic E-state index is 12.5. The number of carbonyl (C=O) groups excluding carboxylic acids is 2. The van der Waals surface area contributed by atoms with Crippen molar-refractivity contribution in [2.24, 2.45) is 0 Å². The van der Waals surface area contributed by atoms with Gasteiger partial charge in [-0.3, -0.25) is 19.7 Å². The van der Waals surface area contributed by atoms with Gasteiger partial charge in [-0.2, -0.15) is 5.10 Å². The lowest BCUT2D eigenvalue weighted by molar-refractivity contribution is 0.0600. The standard InChI is InChI=1S/C16H14N4O5/c1-24-12-6-4-3-5-9(12)15(22)19-20-7-10-13(17-18-14(10)21)11(8-20)16(23)25-2/h3-8H,1-2H3,(H,18,21)(H,19,22). The second kappa shape index (κ2) is 6.48. The van der Waals surface area contributed by atoms with E-state index in [1.54, 1.807) is 24.3 Å². The Morgan fingerprint density at radius 2 is 1.92 bits per heavy atom. The number of carbonyl (C=O) groups is 2. The van der Waals surface area contributed by atoms with Gasteiger partial charge < -0.3 is 9.47 Å². The van der Waals surface area contributed by atoms with E-state index in [0.717, 1.165) is 0 Å². The molecule has 1 aromatic rings. The number of benzene rings is 1. The Morgan fingerprint density at radius 3 is 2.64 bits per heavy atom. The van der Waals surface area contributed by atoms with Crippen molar-refractivity contribution in [3.63, 3.8) is 0 Å². The van der Waals surface area contributed by atoms with Crippen molar-refractivity contribution in [1.82, 2.24) is 14.9 Å². The van der Waals surface area contributed by atoms with Crippen molar-refractivity contribution < 1.29 is 19.1 Å². The molecular weight excluding hydrogens is 328 g/mol. The number of nitrogens with one attached hydrogen (secondary N) is 2. The van der Waals surface area contributed by atoms with Crippen LogP contribution in [0.4, 0.5) is 0 Å². The van der Waals surface area contributed by atoms with E-state index in [-0.39, 0.29) is 16.8 Å². The fraction of sp³-hybridized carbons (Fsp3) is 0.125. The molecule has 1 aromatic carbocycles. The van der Waals surface area contributed by atoms with E-state index in [9.17, 15) is 14.4 Å². The molecule has 0 spiro atoms. The zero-order valence-corrected chi connectivity index (χ0v) is 13.4. The Morgan fingerprint density at radius 1 is 1.16 bits per heavy atom. The molecule has 2 N–H and O–H groups in total. The van der Waals surface area contributed by atoms with Gasteiger partial charge in [0.05, 0.1) is 25.3 Å². The molecule has 128 valence electrons. The topological polar surface area (TPSA) is 115 Å². The van der Waals surface area contributed by atoms with Crippen LogP contribution < -0.4 is 15.7 Å². The Balaban J connectivity index is 2.03. The molecule has 9 heteroatoms. The molecule has 0 aromatic heterocycles. The lowest BCUT2D eigenvalue weighted by atomic mass is 10.1. The van der Waals surface area contributed by atoms with Crippen LogP contribution in [0.2, 0.25) is 0 Å². The van der Waals surface area contributed by atoms with E-state index in [4.69, 9.17) is 9.47 Å². The molecule has 0 unspecified atom stereocenters. The molecule has 0 radical (unpaired) electrons. The Bertz CT molecular complexity index is 975. The van der Waals surface area contributed by atoms with Crippen LogP contribution in [0.1, 0.15) is 20.7 Å². The normalized spacial score (nSPS) is 10.5. The second-order valence-corrected chi connectivity index (χ2v) is 5.03. The Labute approximate surface area is 141 Å². The number of hydrogen-bond acceptors (Lipinski definition) is 6. The summed E-state index contributed by atoms with van der Waals surface area (Å²) in [5, 5.41) is 6.08. The highest BCUT2D eigenvalue weighted by Crippen LogP contribution is 2.21. The third-order valence-corrected chi connectivity index (χ3v) is 3.55.